The number of nitrogens with zero attached hydrogens (tertiary/aromatic N) is 1. The summed E-state index contributed by atoms with van der Waals surface area (Å²) in [7, 11) is 0. The predicted octanol–water partition coefficient (Wildman–Crippen LogP) is 2.65. The Morgan fingerprint density at radius 1 is 1.12 bits per heavy atom. The van der Waals surface area contributed by atoms with E-state index in [1.165, 1.54) is 0 Å². The van der Waals surface area contributed by atoms with Crippen molar-refractivity contribution in [1.29, 1.82) is 0 Å². The van der Waals surface area contributed by atoms with Gasteiger partial charge in [0.05, 0.1) is 19.3 Å². The second kappa shape index (κ2) is 8.94. The molecule has 0 saturated carbocycles. The molecule has 0 radical (unpaired) electrons. The van der Waals surface area contributed by atoms with E-state index in [4.69, 9.17) is 9.26 Å². The van der Waals surface area contributed by atoms with Crippen molar-refractivity contribution in [1.82, 2.24) is 10.5 Å². The van der Waals surface area contributed by atoms with Crippen LogP contribution in [0.1, 0.15) is 16.1 Å². The highest BCUT2D eigenvalue weighted by Gasteiger charge is 2.15. The maximum Gasteiger partial charge on any atom is 0.273 e. The molecule has 6 heteroatoms. The average Bonchev–Trinajstić information content (AvgIpc) is 3.18. The van der Waals surface area contributed by atoms with Crippen LogP contribution in [-0.2, 0) is 11.3 Å². The van der Waals surface area contributed by atoms with E-state index in [2.05, 4.69) is 10.5 Å². The summed E-state index contributed by atoms with van der Waals surface area (Å²) in [5.41, 5.74) is 2.04. The van der Waals surface area contributed by atoms with E-state index in [9.17, 15) is 9.90 Å². The van der Waals surface area contributed by atoms with Crippen LogP contribution in [0, 0.1) is 0 Å². The van der Waals surface area contributed by atoms with Crippen LogP contribution in [0.5, 0.6) is 0 Å². The number of benzene rings is 2. The number of rotatable bonds is 8. The molecule has 1 atom stereocenters. The fourth-order valence-corrected chi connectivity index (χ4v) is 2.37. The number of aliphatic hydroxyl groups excluding tert-OH is 1. The van der Waals surface area contributed by atoms with Crippen molar-refractivity contribution in [3.05, 3.63) is 78.0 Å². The van der Waals surface area contributed by atoms with Gasteiger partial charge in [-0.25, -0.2) is 0 Å². The van der Waals surface area contributed by atoms with Crippen LogP contribution < -0.4 is 5.32 Å². The van der Waals surface area contributed by atoms with Gasteiger partial charge in [0, 0.05) is 18.2 Å². The molecule has 3 rings (SSSR count). The lowest BCUT2D eigenvalue weighted by Gasteiger charge is -2.11. The molecular weight excluding hydrogens is 332 g/mol. The number of aliphatic hydroxyl groups is 1. The topological polar surface area (TPSA) is 84.6 Å². The van der Waals surface area contributed by atoms with Gasteiger partial charge in [0.25, 0.3) is 5.91 Å². The maximum atomic E-state index is 12.1. The monoisotopic (exact) mass is 352 g/mol. The first-order valence-electron chi connectivity index (χ1n) is 8.32. The highest BCUT2D eigenvalue weighted by atomic mass is 16.5. The minimum absolute atomic E-state index is 0.0706. The molecule has 26 heavy (non-hydrogen) atoms. The summed E-state index contributed by atoms with van der Waals surface area (Å²) in [6, 6.07) is 20.7. The molecule has 1 unspecified atom stereocenters. The minimum atomic E-state index is -0.803. The van der Waals surface area contributed by atoms with Crippen LogP contribution in [0.3, 0.4) is 0 Å². The zero-order valence-corrected chi connectivity index (χ0v) is 14.2. The van der Waals surface area contributed by atoms with Crippen LogP contribution in [-0.4, -0.2) is 35.4 Å². The van der Waals surface area contributed by atoms with E-state index in [0.29, 0.717) is 12.4 Å². The lowest BCUT2D eigenvalue weighted by atomic mass is 10.1. The number of amides is 1. The zero-order chi connectivity index (χ0) is 18.2. The fourth-order valence-electron chi connectivity index (χ4n) is 2.37. The van der Waals surface area contributed by atoms with E-state index >= 15 is 0 Å². The van der Waals surface area contributed by atoms with E-state index in [-0.39, 0.29) is 18.8 Å². The molecule has 0 bridgehead atoms. The first-order valence-corrected chi connectivity index (χ1v) is 8.32. The Morgan fingerprint density at radius 3 is 2.54 bits per heavy atom. The van der Waals surface area contributed by atoms with Crippen molar-refractivity contribution in [3.8, 4) is 11.3 Å². The van der Waals surface area contributed by atoms with E-state index in [1.807, 2.05) is 60.7 Å². The maximum absolute atomic E-state index is 12.1. The summed E-state index contributed by atoms with van der Waals surface area (Å²) < 4.78 is 10.6. The number of carbonyl (C=O) groups excluding carboxylic acids is 1. The first-order chi connectivity index (χ1) is 12.7. The average molecular weight is 352 g/mol. The fraction of sp³-hybridized carbons (Fsp3) is 0.200. The summed E-state index contributed by atoms with van der Waals surface area (Å²) >= 11 is 0. The number of hydrogen-bond acceptors (Lipinski definition) is 5. The van der Waals surface area contributed by atoms with Crippen LogP contribution in [0.15, 0.2) is 71.3 Å². The summed E-state index contributed by atoms with van der Waals surface area (Å²) in [4.78, 5) is 12.1. The molecule has 1 aromatic heterocycles. The molecule has 2 aromatic carbocycles. The van der Waals surface area contributed by atoms with E-state index in [0.717, 1.165) is 11.1 Å². The van der Waals surface area contributed by atoms with Gasteiger partial charge in [-0.2, -0.15) is 0 Å². The number of ether oxygens (including phenoxy) is 1. The van der Waals surface area contributed by atoms with Crippen molar-refractivity contribution >= 4 is 5.91 Å². The summed E-state index contributed by atoms with van der Waals surface area (Å²) in [5, 5.41) is 16.3. The third-order valence-corrected chi connectivity index (χ3v) is 3.72. The standard InChI is InChI=1S/C20H20N2O4/c23-17(14-25-13-15-7-3-1-4-8-15)12-21-20(24)18-11-19(26-22-18)16-9-5-2-6-10-16/h1-11,17,23H,12-14H2,(H,21,24). The zero-order valence-electron chi connectivity index (χ0n) is 14.2. The molecule has 0 aliphatic carbocycles. The van der Waals surface area contributed by atoms with Gasteiger partial charge in [-0.15, -0.1) is 0 Å². The first kappa shape index (κ1) is 17.8. The quantitative estimate of drug-likeness (QED) is 0.651. The van der Waals surface area contributed by atoms with E-state index in [1.54, 1.807) is 6.07 Å². The Kier molecular flexibility index (Phi) is 6.14. The highest BCUT2D eigenvalue weighted by molar-refractivity contribution is 5.93. The number of carbonyl (C=O) groups is 1. The largest absolute Gasteiger partial charge is 0.389 e. The van der Waals surface area contributed by atoms with Crippen LogP contribution in [0.4, 0.5) is 0 Å². The normalized spacial score (nSPS) is 11.9. The molecule has 0 aliphatic heterocycles. The van der Waals surface area contributed by atoms with Crippen molar-refractivity contribution in [2.45, 2.75) is 12.7 Å². The highest BCUT2D eigenvalue weighted by Crippen LogP contribution is 2.19. The Balaban J connectivity index is 1.43. The number of nitrogens with one attached hydrogen (secondary N) is 1. The van der Waals surface area contributed by atoms with Crippen molar-refractivity contribution < 1.29 is 19.2 Å². The second-order valence-corrected chi connectivity index (χ2v) is 5.81. The van der Waals surface area contributed by atoms with Gasteiger partial charge in [-0.3, -0.25) is 4.79 Å². The summed E-state index contributed by atoms with van der Waals surface area (Å²) in [6.45, 7) is 0.611. The molecule has 1 amide bonds. The smallest absolute Gasteiger partial charge is 0.273 e. The van der Waals surface area contributed by atoms with Gasteiger partial charge in [0.15, 0.2) is 11.5 Å². The van der Waals surface area contributed by atoms with Gasteiger partial charge in [-0.05, 0) is 5.56 Å². The van der Waals surface area contributed by atoms with Crippen molar-refractivity contribution in [2.75, 3.05) is 13.2 Å². The molecule has 134 valence electrons. The molecule has 0 saturated heterocycles. The second-order valence-electron chi connectivity index (χ2n) is 5.81. The van der Waals surface area contributed by atoms with Gasteiger partial charge in [0.1, 0.15) is 0 Å². The van der Waals surface area contributed by atoms with Crippen LogP contribution in [0.25, 0.3) is 11.3 Å². The molecular formula is C20H20N2O4. The summed E-state index contributed by atoms with van der Waals surface area (Å²) in [6.07, 6.45) is -0.803. The molecule has 0 aliphatic rings. The Hall–Kier alpha value is -2.96. The van der Waals surface area contributed by atoms with Crippen LogP contribution in [0.2, 0.25) is 0 Å². The summed E-state index contributed by atoms with van der Waals surface area (Å²) in [5.74, 6) is 0.112. The van der Waals surface area contributed by atoms with Crippen LogP contribution >= 0.6 is 0 Å². The SMILES string of the molecule is O=C(NCC(O)COCc1ccccc1)c1cc(-c2ccccc2)on1. The van der Waals surface area contributed by atoms with E-state index < -0.39 is 12.0 Å². The molecule has 0 fully saturated rings. The molecule has 1 heterocycles. The Bertz CT molecular complexity index is 818. The lowest BCUT2D eigenvalue weighted by molar-refractivity contribution is 0.0284. The molecule has 3 aromatic rings. The third kappa shape index (κ3) is 5.02. The van der Waals surface area contributed by atoms with Gasteiger partial charge in [-0.1, -0.05) is 65.8 Å². The molecule has 2 N–H and O–H groups in total. The van der Waals surface area contributed by atoms with Gasteiger partial charge >= 0.3 is 0 Å². The number of aromatic nitrogens is 1. The molecule has 0 spiro atoms. The number of hydrogen-bond donors (Lipinski definition) is 2. The van der Waals surface area contributed by atoms with Gasteiger partial charge < -0.3 is 19.7 Å². The van der Waals surface area contributed by atoms with Crippen molar-refractivity contribution in [2.24, 2.45) is 0 Å². The molecule has 6 nitrogen and oxygen atoms in total. The minimum Gasteiger partial charge on any atom is -0.389 e. The van der Waals surface area contributed by atoms with Crippen molar-refractivity contribution in [3.63, 3.8) is 0 Å². The van der Waals surface area contributed by atoms with Gasteiger partial charge in [0.2, 0.25) is 0 Å². The predicted molar refractivity (Wildman–Crippen MR) is 96.4 cm³/mol. The Labute approximate surface area is 151 Å². The lowest BCUT2D eigenvalue weighted by Crippen LogP contribution is -2.34. The third-order valence-electron chi connectivity index (χ3n) is 3.72. The Morgan fingerprint density at radius 2 is 1.81 bits per heavy atom.